The number of halogens is 2. The summed E-state index contributed by atoms with van der Waals surface area (Å²) in [5.74, 6) is -1.25. The molecule has 0 aliphatic carbocycles. The lowest BCUT2D eigenvalue weighted by molar-refractivity contribution is 0.177. The van der Waals surface area contributed by atoms with Crippen LogP contribution in [0.1, 0.15) is 17.2 Å². The maximum Gasteiger partial charge on any atom is 0.129 e. The number of hydrogen-bond donors (Lipinski definition) is 1. The zero-order valence-electron chi connectivity index (χ0n) is 11.5. The molecule has 1 atom stereocenters. The molecule has 2 rings (SSSR count). The van der Waals surface area contributed by atoms with Gasteiger partial charge in [0.05, 0.1) is 6.10 Å². The molecule has 0 heterocycles. The van der Waals surface area contributed by atoms with E-state index in [-0.39, 0.29) is 6.42 Å². The molecule has 0 saturated heterocycles. The molecular formula is C16H17F2NO. The van der Waals surface area contributed by atoms with Crippen LogP contribution in [0.3, 0.4) is 0 Å². The predicted octanol–water partition coefficient (Wildman–Crippen LogP) is 3.31. The van der Waals surface area contributed by atoms with Crippen LogP contribution in [0.2, 0.25) is 0 Å². The van der Waals surface area contributed by atoms with Gasteiger partial charge in [-0.1, -0.05) is 18.2 Å². The van der Waals surface area contributed by atoms with Crippen molar-refractivity contribution in [2.45, 2.75) is 12.5 Å². The first-order valence-corrected chi connectivity index (χ1v) is 6.36. The fourth-order valence-electron chi connectivity index (χ4n) is 2.02. The summed E-state index contributed by atoms with van der Waals surface area (Å²) in [4.78, 5) is 1.93. The molecule has 2 nitrogen and oxygen atoms in total. The van der Waals surface area contributed by atoms with Crippen LogP contribution >= 0.6 is 0 Å². The van der Waals surface area contributed by atoms with Crippen molar-refractivity contribution in [1.82, 2.24) is 0 Å². The van der Waals surface area contributed by atoms with Gasteiger partial charge in [0.1, 0.15) is 11.6 Å². The second-order valence-corrected chi connectivity index (χ2v) is 4.95. The molecule has 0 fully saturated rings. The third-order valence-corrected chi connectivity index (χ3v) is 3.20. The van der Waals surface area contributed by atoms with Crippen molar-refractivity contribution in [3.8, 4) is 0 Å². The molecule has 0 saturated carbocycles. The summed E-state index contributed by atoms with van der Waals surface area (Å²) in [5, 5.41) is 10.2. The van der Waals surface area contributed by atoms with E-state index in [2.05, 4.69) is 0 Å². The van der Waals surface area contributed by atoms with E-state index in [0.29, 0.717) is 11.1 Å². The SMILES string of the molecule is CN(C)c1cccc(C(O)Cc2ccc(F)cc2F)c1. The molecule has 0 bridgehead atoms. The smallest absolute Gasteiger partial charge is 0.129 e. The zero-order valence-corrected chi connectivity index (χ0v) is 11.5. The van der Waals surface area contributed by atoms with E-state index in [1.807, 2.05) is 37.2 Å². The predicted molar refractivity (Wildman–Crippen MR) is 75.8 cm³/mol. The third kappa shape index (κ3) is 3.33. The molecule has 2 aromatic carbocycles. The van der Waals surface area contributed by atoms with Crippen molar-refractivity contribution < 1.29 is 13.9 Å². The van der Waals surface area contributed by atoms with Crippen molar-refractivity contribution in [3.63, 3.8) is 0 Å². The topological polar surface area (TPSA) is 23.5 Å². The summed E-state index contributed by atoms with van der Waals surface area (Å²) < 4.78 is 26.4. The quantitative estimate of drug-likeness (QED) is 0.927. The highest BCUT2D eigenvalue weighted by molar-refractivity contribution is 5.47. The van der Waals surface area contributed by atoms with Gasteiger partial charge >= 0.3 is 0 Å². The lowest BCUT2D eigenvalue weighted by Crippen LogP contribution is -2.10. The van der Waals surface area contributed by atoms with Gasteiger partial charge in [0, 0.05) is 32.3 Å². The van der Waals surface area contributed by atoms with Gasteiger partial charge in [0.15, 0.2) is 0 Å². The van der Waals surface area contributed by atoms with Gasteiger partial charge in [0.25, 0.3) is 0 Å². The molecule has 1 unspecified atom stereocenters. The van der Waals surface area contributed by atoms with Crippen LogP contribution in [-0.4, -0.2) is 19.2 Å². The van der Waals surface area contributed by atoms with Crippen LogP contribution in [0.4, 0.5) is 14.5 Å². The van der Waals surface area contributed by atoms with Crippen LogP contribution in [0, 0.1) is 11.6 Å². The van der Waals surface area contributed by atoms with Crippen LogP contribution in [0.25, 0.3) is 0 Å². The van der Waals surface area contributed by atoms with Gasteiger partial charge < -0.3 is 10.0 Å². The van der Waals surface area contributed by atoms with E-state index in [4.69, 9.17) is 0 Å². The summed E-state index contributed by atoms with van der Waals surface area (Å²) in [7, 11) is 3.82. The van der Waals surface area contributed by atoms with Gasteiger partial charge in [-0.15, -0.1) is 0 Å². The summed E-state index contributed by atoms with van der Waals surface area (Å²) in [5.41, 5.74) is 1.97. The Morgan fingerprint density at radius 1 is 1.10 bits per heavy atom. The van der Waals surface area contributed by atoms with Crippen LogP contribution in [0.5, 0.6) is 0 Å². The van der Waals surface area contributed by atoms with Crippen molar-refractivity contribution in [2.75, 3.05) is 19.0 Å². The first-order chi connectivity index (χ1) is 9.47. The van der Waals surface area contributed by atoms with Gasteiger partial charge in [-0.25, -0.2) is 8.78 Å². The molecule has 4 heteroatoms. The summed E-state index contributed by atoms with van der Waals surface area (Å²) in [6.45, 7) is 0. The highest BCUT2D eigenvalue weighted by Crippen LogP contribution is 2.23. The van der Waals surface area contributed by atoms with Crippen molar-refractivity contribution in [2.24, 2.45) is 0 Å². The zero-order chi connectivity index (χ0) is 14.7. The van der Waals surface area contributed by atoms with Gasteiger partial charge in [-0.2, -0.15) is 0 Å². The number of nitrogens with zero attached hydrogens (tertiary/aromatic N) is 1. The van der Waals surface area contributed by atoms with Crippen LogP contribution < -0.4 is 4.90 Å². The first-order valence-electron chi connectivity index (χ1n) is 6.36. The maximum atomic E-state index is 13.6. The molecule has 0 spiro atoms. The Kier molecular flexibility index (Phi) is 4.35. The summed E-state index contributed by atoms with van der Waals surface area (Å²) in [6.07, 6.45) is -0.710. The Bertz CT molecular complexity index is 599. The van der Waals surface area contributed by atoms with Crippen LogP contribution in [-0.2, 0) is 6.42 Å². The standard InChI is InChI=1S/C16H17F2NO/c1-19(2)14-5-3-4-12(8-14)16(20)9-11-6-7-13(17)10-15(11)18/h3-8,10,16,20H,9H2,1-2H3. The molecule has 0 aliphatic rings. The van der Waals surface area contributed by atoms with Crippen LogP contribution in [0.15, 0.2) is 42.5 Å². The first kappa shape index (κ1) is 14.5. The highest BCUT2D eigenvalue weighted by atomic mass is 19.1. The number of aliphatic hydroxyl groups excluding tert-OH is 1. The molecule has 1 N–H and O–H groups in total. The minimum Gasteiger partial charge on any atom is -0.388 e. The molecule has 0 aliphatic heterocycles. The Morgan fingerprint density at radius 2 is 1.85 bits per heavy atom. The molecule has 106 valence electrons. The highest BCUT2D eigenvalue weighted by Gasteiger charge is 2.13. The molecule has 2 aromatic rings. The molecule has 0 radical (unpaired) electrons. The van der Waals surface area contributed by atoms with Gasteiger partial charge in [0.2, 0.25) is 0 Å². The van der Waals surface area contributed by atoms with Gasteiger partial charge in [-0.05, 0) is 29.3 Å². The Labute approximate surface area is 117 Å². The fourth-order valence-corrected chi connectivity index (χ4v) is 2.02. The van der Waals surface area contributed by atoms with E-state index >= 15 is 0 Å². The average Bonchev–Trinajstić information content (AvgIpc) is 2.42. The number of aliphatic hydroxyl groups is 1. The van der Waals surface area contributed by atoms with E-state index in [1.165, 1.54) is 12.1 Å². The summed E-state index contributed by atoms with van der Waals surface area (Å²) in [6, 6.07) is 10.8. The Morgan fingerprint density at radius 3 is 2.50 bits per heavy atom. The maximum absolute atomic E-state index is 13.6. The molecule has 20 heavy (non-hydrogen) atoms. The van der Waals surface area contributed by atoms with E-state index in [9.17, 15) is 13.9 Å². The monoisotopic (exact) mass is 277 g/mol. The van der Waals surface area contributed by atoms with Crippen molar-refractivity contribution in [1.29, 1.82) is 0 Å². The Balaban J connectivity index is 2.19. The van der Waals surface area contributed by atoms with E-state index in [1.54, 1.807) is 6.07 Å². The van der Waals surface area contributed by atoms with E-state index < -0.39 is 17.7 Å². The third-order valence-electron chi connectivity index (χ3n) is 3.20. The number of hydrogen-bond acceptors (Lipinski definition) is 2. The molecule has 0 aromatic heterocycles. The Hall–Kier alpha value is -1.94. The largest absolute Gasteiger partial charge is 0.388 e. The lowest BCUT2D eigenvalue weighted by atomic mass is 10.0. The number of benzene rings is 2. The molecule has 0 amide bonds. The van der Waals surface area contributed by atoms with Crippen molar-refractivity contribution in [3.05, 3.63) is 65.2 Å². The average molecular weight is 277 g/mol. The normalized spacial score (nSPS) is 12.2. The second-order valence-electron chi connectivity index (χ2n) is 4.95. The van der Waals surface area contributed by atoms with E-state index in [0.717, 1.165) is 11.8 Å². The fraction of sp³-hybridized carbons (Fsp3) is 0.250. The minimum atomic E-state index is -0.824. The lowest BCUT2D eigenvalue weighted by Gasteiger charge is -2.16. The minimum absolute atomic E-state index is 0.114. The van der Waals surface area contributed by atoms with Crippen molar-refractivity contribution >= 4 is 5.69 Å². The number of anilines is 1. The second kappa shape index (κ2) is 6.01. The summed E-state index contributed by atoms with van der Waals surface area (Å²) >= 11 is 0. The molecular weight excluding hydrogens is 260 g/mol. The van der Waals surface area contributed by atoms with Gasteiger partial charge in [-0.3, -0.25) is 0 Å². The number of rotatable bonds is 4.